The second-order valence-electron chi connectivity index (χ2n) is 5.47. The number of aryl methyl sites for hydroxylation is 2. The first kappa shape index (κ1) is 13.1. The normalized spacial score (nSPS) is 16.9. The number of piperidine rings is 1. The van der Waals surface area contributed by atoms with Crippen molar-refractivity contribution >= 4 is 5.91 Å². The van der Waals surface area contributed by atoms with Crippen LogP contribution in [0.2, 0.25) is 0 Å². The lowest BCUT2D eigenvalue weighted by molar-refractivity contribution is -0.130. The fourth-order valence-corrected chi connectivity index (χ4v) is 2.66. The maximum atomic E-state index is 11.2. The summed E-state index contributed by atoms with van der Waals surface area (Å²) in [5, 5.41) is 0. The van der Waals surface area contributed by atoms with Gasteiger partial charge >= 0.3 is 0 Å². The van der Waals surface area contributed by atoms with Crippen molar-refractivity contribution in [1.29, 1.82) is 0 Å². The Kier molecular flexibility index (Phi) is 4.40. The molecule has 0 N–H and O–H groups in total. The van der Waals surface area contributed by atoms with Gasteiger partial charge in [0.2, 0.25) is 5.91 Å². The first-order valence-corrected chi connectivity index (χ1v) is 6.96. The molecule has 98 valence electrons. The van der Waals surface area contributed by atoms with Crippen LogP contribution in [-0.4, -0.2) is 23.9 Å². The Morgan fingerprint density at radius 1 is 1.22 bits per heavy atom. The number of hydrogen-bond donors (Lipinski definition) is 0. The predicted molar refractivity (Wildman–Crippen MR) is 74.5 cm³/mol. The van der Waals surface area contributed by atoms with Gasteiger partial charge in [0, 0.05) is 20.0 Å². The molecule has 0 bridgehead atoms. The molecule has 1 aromatic rings. The highest BCUT2D eigenvalue weighted by Gasteiger charge is 2.20. The molecule has 0 unspecified atom stereocenters. The van der Waals surface area contributed by atoms with Crippen molar-refractivity contribution in [2.45, 2.75) is 39.5 Å². The van der Waals surface area contributed by atoms with E-state index >= 15 is 0 Å². The van der Waals surface area contributed by atoms with Crippen LogP contribution in [0.3, 0.4) is 0 Å². The highest BCUT2D eigenvalue weighted by molar-refractivity contribution is 5.73. The summed E-state index contributed by atoms with van der Waals surface area (Å²) >= 11 is 0. The minimum atomic E-state index is 0.229. The van der Waals surface area contributed by atoms with Crippen LogP contribution < -0.4 is 0 Å². The van der Waals surface area contributed by atoms with E-state index in [2.05, 4.69) is 31.2 Å². The van der Waals surface area contributed by atoms with Gasteiger partial charge in [-0.15, -0.1) is 0 Å². The molecule has 1 heterocycles. The molecule has 2 rings (SSSR count). The average Bonchev–Trinajstić information content (AvgIpc) is 2.38. The Hall–Kier alpha value is -1.31. The largest absolute Gasteiger partial charge is 0.343 e. The Labute approximate surface area is 110 Å². The summed E-state index contributed by atoms with van der Waals surface area (Å²) in [6, 6.07) is 8.85. The molecule has 1 aliphatic heterocycles. The molecular formula is C16H23NO. The van der Waals surface area contributed by atoms with E-state index in [9.17, 15) is 4.79 Å². The number of carbonyl (C=O) groups excluding carboxylic acids is 1. The molecule has 1 aromatic carbocycles. The molecule has 1 fully saturated rings. The van der Waals surface area contributed by atoms with Crippen LogP contribution in [0, 0.1) is 12.8 Å². The van der Waals surface area contributed by atoms with Gasteiger partial charge in [-0.2, -0.15) is 0 Å². The monoisotopic (exact) mass is 245 g/mol. The Morgan fingerprint density at radius 2 is 1.83 bits per heavy atom. The molecule has 1 amide bonds. The fourth-order valence-electron chi connectivity index (χ4n) is 2.66. The van der Waals surface area contributed by atoms with E-state index in [1.165, 1.54) is 36.8 Å². The molecule has 2 heteroatoms. The van der Waals surface area contributed by atoms with Gasteiger partial charge in [-0.3, -0.25) is 4.79 Å². The summed E-state index contributed by atoms with van der Waals surface area (Å²) in [7, 11) is 0. The third-order valence-corrected chi connectivity index (χ3v) is 4.02. The Bertz CT molecular complexity index is 388. The summed E-state index contributed by atoms with van der Waals surface area (Å²) in [4.78, 5) is 13.2. The molecule has 1 saturated heterocycles. The highest BCUT2D eigenvalue weighted by Crippen LogP contribution is 2.22. The summed E-state index contributed by atoms with van der Waals surface area (Å²) in [5.41, 5.74) is 2.77. The van der Waals surface area contributed by atoms with Gasteiger partial charge in [0.25, 0.3) is 0 Å². The van der Waals surface area contributed by atoms with Gasteiger partial charge in [0.05, 0.1) is 0 Å². The molecule has 0 radical (unpaired) electrons. The zero-order valence-corrected chi connectivity index (χ0v) is 11.5. The van der Waals surface area contributed by atoms with E-state index in [0.717, 1.165) is 19.0 Å². The number of benzene rings is 1. The first-order valence-electron chi connectivity index (χ1n) is 6.96. The number of rotatable bonds is 3. The molecule has 1 aliphatic rings. The van der Waals surface area contributed by atoms with Gasteiger partial charge < -0.3 is 4.90 Å². The van der Waals surface area contributed by atoms with Crippen LogP contribution in [0.1, 0.15) is 37.3 Å². The maximum Gasteiger partial charge on any atom is 0.219 e. The first-order chi connectivity index (χ1) is 8.65. The summed E-state index contributed by atoms with van der Waals surface area (Å²) < 4.78 is 0. The number of likely N-dealkylation sites (tertiary alicyclic amines) is 1. The molecule has 0 aromatic heterocycles. The fraction of sp³-hybridized carbons (Fsp3) is 0.562. The van der Waals surface area contributed by atoms with Gasteiger partial charge in [-0.25, -0.2) is 0 Å². The second kappa shape index (κ2) is 6.03. The smallest absolute Gasteiger partial charge is 0.219 e. The third kappa shape index (κ3) is 3.59. The van der Waals surface area contributed by atoms with Crippen molar-refractivity contribution in [2.24, 2.45) is 5.92 Å². The molecule has 2 nitrogen and oxygen atoms in total. The quantitative estimate of drug-likeness (QED) is 0.801. The van der Waals surface area contributed by atoms with Crippen LogP contribution in [0.25, 0.3) is 0 Å². The lowest BCUT2D eigenvalue weighted by atomic mass is 9.90. The number of hydrogen-bond acceptors (Lipinski definition) is 1. The van der Waals surface area contributed by atoms with E-state index in [1.807, 2.05) is 4.90 Å². The van der Waals surface area contributed by atoms with E-state index < -0.39 is 0 Å². The summed E-state index contributed by atoms with van der Waals surface area (Å²) in [5.74, 6) is 1.02. The van der Waals surface area contributed by atoms with Crippen LogP contribution >= 0.6 is 0 Å². The van der Waals surface area contributed by atoms with Crippen molar-refractivity contribution in [3.05, 3.63) is 35.4 Å². The van der Waals surface area contributed by atoms with Crippen molar-refractivity contribution in [3.63, 3.8) is 0 Å². The van der Waals surface area contributed by atoms with Crippen molar-refractivity contribution in [1.82, 2.24) is 4.90 Å². The lowest BCUT2D eigenvalue weighted by Gasteiger charge is -2.31. The minimum Gasteiger partial charge on any atom is -0.343 e. The molecule has 0 aliphatic carbocycles. The zero-order valence-electron chi connectivity index (χ0n) is 11.5. The zero-order chi connectivity index (χ0) is 13.0. The van der Waals surface area contributed by atoms with E-state index in [1.54, 1.807) is 6.92 Å². The second-order valence-corrected chi connectivity index (χ2v) is 5.47. The number of nitrogens with zero attached hydrogens (tertiary/aromatic N) is 1. The van der Waals surface area contributed by atoms with Gasteiger partial charge in [-0.1, -0.05) is 29.8 Å². The number of amides is 1. The van der Waals surface area contributed by atoms with Gasteiger partial charge in [0.15, 0.2) is 0 Å². The van der Waals surface area contributed by atoms with Gasteiger partial charge in [0.1, 0.15) is 0 Å². The van der Waals surface area contributed by atoms with Crippen LogP contribution in [-0.2, 0) is 11.2 Å². The van der Waals surface area contributed by atoms with E-state index in [4.69, 9.17) is 0 Å². The van der Waals surface area contributed by atoms with Crippen molar-refractivity contribution in [3.8, 4) is 0 Å². The van der Waals surface area contributed by atoms with Crippen LogP contribution in [0.4, 0.5) is 0 Å². The predicted octanol–water partition coefficient (Wildman–Crippen LogP) is 3.19. The Morgan fingerprint density at radius 3 is 2.39 bits per heavy atom. The Balaban J connectivity index is 1.75. The molecular weight excluding hydrogens is 222 g/mol. The molecule has 18 heavy (non-hydrogen) atoms. The average molecular weight is 245 g/mol. The van der Waals surface area contributed by atoms with Crippen LogP contribution in [0.15, 0.2) is 24.3 Å². The lowest BCUT2D eigenvalue weighted by Crippen LogP contribution is -2.37. The van der Waals surface area contributed by atoms with Crippen molar-refractivity contribution in [2.75, 3.05) is 13.1 Å². The van der Waals surface area contributed by atoms with Crippen LogP contribution in [0.5, 0.6) is 0 Å². The molecule has 0 saturated carbocycles. The van der Waals surface area contributed by atoms with E-state index in [-0.39, 0.29) is 5.91 Å². The summed E-state index contributed by atoms with van der Waals surface area (Å²) in [6.45, 7) is 5.70. The van der Waals surface area contributed by atoms with Crippen molar-refractivity contribution < 1.29 is 4.79 Å². The summed E-state index contributed by atoms with van der Waals surface area (Å²) in [6.07, 6.45) is 4.77. The van der Waals surface area contributed by atoms with Gasteiger partial charge in [-0.05, 0) is 44.1 Å². The molecule has 0 atom stereocenters. The van der Waals surface area contributed by atoms with E-state index in [0.29, 0.717) is 0 Å². The number of carbonyl (C=O) groups is 1. The topological polar surface area (TPSA) is 20.3 Å². The highest BCUT2D eigenvalue weighted by atomic mass is 16.2. The standard InChI is InChI=1S/C16H23NO/c1-13-3-5-15(6-4-13)7-8-16-9-11-17(12-10-16)14(2)18/h3-6,16H,7-12H2,1-2H3. The third-order valence-electron chi connectivity index (χ3n) is 4.02. The maximum absolute atomic E-state index is 11.2. The minimum absolute atomic E-state index is 0.229. The molecule has 0 spiro atoms. The SMILES string of the molecule is CC(=O)N1CCC(CCc2ccc(C)cc2)CC1.